The number of fused-ring (bicyclic) bond motifs is 2. The van der Waals surface area contributed by atoms with Crippen molar-refractivity contribution < 1.29 is 13.9 Å². The van der Waals surface area contributed by atoms with Gasteiger partial charge in [0.2, 0.25) is 0 Å². The molecule has 28 heavy (non-hydrogen) atoms. The lowest BCUT2D eigenvalue weighted by Gasteiger charge is -2.38. The summed E-state index contributed by atoms with van der Waals surface area (Å²) in [5.74, 6) is 0.934. The Morgan fingerprint density at radius 2 is 2.07 bits per heavy atom. The number of piperidine rings is 1. The first-order valence-corrected chi connectivity index (χ1v) is 9.69. The Kier molecular flexibility index (Phi) is 4.01. The molecule has 0 unspecified atom stereocenters. The molecule has 1 N–H and O–H groups in total. The van der Waals surface area contributed by atoms with E-state index >= 15 is 0 Å². The molecule has 1 aromatic carbocycles. The fraction of sp³-hybridized carbons (Fsp3) is 0.429. The lowest BCUT2D eigenvalue weighted by molar-refractivity contribution is 0.143. The minimum atomic E-state index is -0.850. The largest absolute Gasteiger partial charge is 0.506 e. The van der Waals surface area contributed by atoms with E-state index < -0.39 is 6.17 Å². The molecule has 6 nitrogen and oxygen atoms in total. The minimum absolute atomic E-state index is 0.149. The Bertz CT molecular complexity index is 1050. The highest BCUT2D eigenvalue weighted by Gasteiger charge is 2.37. The molecule has 5 rings (SSSR count). The molecule has 0 saturated carbocycles. The number of phenols is 1. The van der Waals surface area contributed by atoms with Crippen LogP contribution in [-0.4, -0.2) is 59.1 Å². The van der Waals surface area contributed by atoms with Gasteiger partial charge in [-0.1, -0.05) is 0 Å². The van der Waals surface area contributed by atoms with Crippen molar-refractivity contribution in [1.29, 1.82) is 0 Å². The Labute approximate surface area is 162 Å². The average Bonchev–Trinajstić information content (AvgIpc) is 3.33. The summed E-state index contributed by atoms with van der Waals surface area (Å²) < 4.78 is 20.0. The van der Waals surface area contributed by atoms with Crippen LogP contribution in [0.1, 0.15) is 17.5 Å². The van der Waals surface area contributed by atoms with Gasteiger partial charge in [0.25, 0.3) is 0 Å². The number of likely N-dealkylation sites (N-methyl/N-ethyl adjacent to an activating group) is 1. The number of likely N-dealkylation sites (tertiary alicyclic amines) is 1. The van der Waals surface area contributed by atoms with Crippen LogP contribution in [0.25, 0.3) is 22.2 Å². The van der Waals surface area contributed by atoms with Gasteiger partial charge in [0.1, 0.15) is 23.2 Å². The molecule has 0 spiro atoms. The van der Waals surface area contributed by atoms with Gasteiger partial charge in [-0.3, -0.25) is 0 Å². The molecule has 1 fully saturated rings. The van der Waals surface area contributed by atoms with E-state index in [0.717, 1.165) is 36.5 Å². The van der Waals surface area contributed by atoms with Gasteiger partial charge in [0.15, 0.2) is 5.82 Å². The van der Waals surface area contributed by atoms with E-state index in [-0.39, 0.29) is 11.8 Å². The molecule has 0 amide bonds. The van der Waals surface area contributed by atoms with Crippen LogP contribution < -0.4 is 4.90 Å². The molecule has 0 bridgehead atoms. The van der Waals surface area contributed by atoms with Gasteiger partial charge in [-0.15, -0.1) is 10.2 Å². The molecule has 146 valence electrons. The zero-order chi connectivity index (χ0) is 19.4. The molecule has 2 aliphatic heterocycles. The molecule has 2 aromatic heterocycles. The van der Waals surface area contributed by atoms with Crippen LogP contribution >= 0.6 is 0 Å². The molecule has 2 aliphatic rings. The number of halogens is 1. The number of aromatic hydroxyl groups is 1. The first-order valence-electron chi connectivity index (χ1n) is 9.69. The molecule has 7 heteroatoms. The molecule has 3 aromatic rings. The first kappa shape index (κ1) is 17.4. The summed E-state index contributed by atoms with van der Waals surface area (Å²) in [5.41, 5.74) is 4.02. The van der Waals surface area contributed by atoms with Gasteiger partial charge >= 0.3 is 0 Å². The number of rotatable bonds is 2. The zero-order valence-corrected chi connectivity index (χ0v) is 16.0. The summed E-state index contributed by atoms with van der Waals surface area (Å²) in [5, 5.41) is 20.3. The van der Waals surface area contributed by atoms with Gasteiger partial charge in [-0.25, -0.2) is 4.39 Å². The summed E-state index contributed by atoms with van der Waals surface area (Å²) in [6.07, 6.45) is 2.07. The number of benzene rings is 1. The van der Waals surface area contributed by atoms with Crippen molar-refractivity contribution in [2.45, 2.75) is 32.0 Å². The lowest BCUT2D eigenvalue weighted by atomic mass is 10.00. The molecule has 0 radical (unpaired) electrons. The van der Waals surface area contributed by atoms with Gasteiger partial charge in [0.05, 0.1) is 17.7 Å². The zero-order valence-electron chi connectivity index (χ0n) is 16.0. The Morgan fingerprint density at radius 3 is 2.93 bits per heavy atom. The average molecular weight is 382 g/mol. The van der Waals surface area contributed by atoms with Crippen molar-refractivity contribution in [2.75, 3.05) is 31.6 Å². The maximum Gasteiger partial charge on any atom is 0.155 e. The van der Waals surface area contributed by atoms with E-state index in [9.17, 15) is 9.50 Å². The quantitative estimate of drug-likeness (QED) is 0.734. The maximum atomic E-state index is 14.6. The summed E-state index contributed by atoms with van der Waals surface area (Å²) in [6.45, 7) is 4.24. The van der Waals surface area contributed by atoms with Crippen LogP contribution in [0.3, 0.4) is 0 Å². The van der Waals surface area contributed by atoms with E-state index in [0.29, 0.717) is 35.2 Å². The predicted octanol–water partition coefficient (Wildman–Crippen LogP) is 3.31. The molecule has 2 atom stereocenters. The van der Waals surface area contributed by atoms with Crippen molar-refractivity contribution in [1.82, 2.24) is 15.1 Å². The monoisotopic (exact) mass is 382 g/mol. The van der Waals surface area contributed by atoms with Crippen LogP contribution in [-0.2, 0) is 6.42 Å². The third-order valence-electron chi connectivity index (χ3n) is 6.16. The van der Waals surface area contributed by atoms with E-state index in [1.807, 2.05) is 26.1 Å². The number of alkyl halides is 1. The summed E-state index contributed by atoms with van der Waals surface area (Å²) in [6, 6.07) is 5.20. The summed E-state index contributed by atoms with van der Waals surface area (Å²) in [4.78, 5) is 4.25. The summed E-state index contributed by atoms with van der Waals surface area (Å²) in [7, 11) is 2.03. The number of nitrogens with zero attached hydrogens (tertiary/aromatic N) is 4. The lowest BCUT2D eigenvalue weighted by Crippen LogP contribution is -2.52. The second-order valence-electron chi connectivity index (χ2n) is 7.85. The smallest absolute Gasteiger partial charge is 0.155 e. The normalized spacial score (nSPS) is 22.8. The number of aromatic nitrogens is 2. The first-order chi connectivity index (χ1) is 13.5. The van der Waals surface area contributed by atoms with Crippen LogP contribution in [0.2, 0.25) is 0 Å². The van der Waals surface area contributed by atoms with Crippen molar-refractivity contribution in [3.05, 3.63) is 35.6 Å². The van der Waals surface area contributed by atoms with Gasteiger partial charge < -0.3 is 19.3 Å². The van der Waals surface area contributed by atoms with Crippen molar-refractivity contribution in [3.8, 4) is 17.0 Å². The fourth-order valence-corrected chi connectivity index (χ4v) is 4.57. The minimum Gasteiger partial charge on any atom is -0.506 e. The Balaban J connectivity index is 1.55. The molecular weight excluding hydrogens is 359 g/mol. The highest BCUT2D eigenvalue weighted by Crippen LogP contribution is 2.40. The fourth-order valence-electron chi connectivity index (χ4n) is 4.57. The number of hydrogen-bond acceptors (Lipinski definition) is 6. The van der Waals surface area contributed by atoms with Crippen LogP contribution in [0, 0.1) is 6.92 Å². The van der Waals surface area contributed by atoms with Gasteiger partial charge in [-0.05, 0) is 50.6 Å². The number of anilines is 1. The predicted molar refractivity (Wildman–Crippen MR) is 105 cm³/mol. The van der Waals surface area contributed by atoms with Crippen molar-refractivity contribution >= 4 is 16.8 Å². The van der Waals surface area contributed by atoms with Crippen LogP contribution in [0.15, 0.2) is 28.9 Å². The van der Waals surface area contributed by atoms with E-state index in [4.69, 9.17) is 4.42 Å². The van der Waals surface area contributed by atoms with Crippen LogP contribution in [0.5, 0.6) is 5.75 Å². The third kappa shape index (κ3) is 2.57. The standard InChI is InChI=1S/C21H23FN4O2/c1-12-13-5-9-26(17-11-25(2)8-6-16(17)22)21(13)24-23-19(12)15-3-4-18-14(20(15)27)7-10-28-18/h3-4,7,10,16-17,27H,5-6,8-9,11H2,1-2H3/t16-,17+/m1/s1. The third-order valence-corrected chi connectivity index (χ3v) is 6.16. The highest BCUT2D eigenvalue weighted by molar-refractivity contribution is 5.91. The topological polar surface area (TPSA) is 65.6 Å². The van der Waals surface area contributed by atoms with Gasteiger partial charge in [0, 0.05) is 30.8 Å². The van der Waals surface area contributed by atoms with E-state index in [2.05, 4.69) is 20.0 Å². The maximum absolute atomic E-state index is 14.6. The molecule has 1 saturated heterocycles. The van der Waals surface area contributed by atoms with E-state index in [1.165, 1.54) is 0 Å². The second kappa shape index (κ2) is 6.44. The molecule has 0 aliphatic carbocycles. The number of hydrogen-bond donors (Lipinski definition) is 1. The van der Waals surface area contributed by atoms with Gasteiger partial charge in [-0.2, -0.15) is 0 Å². The SMILES string of the molecule is Cc1c(-c2ccc3occc3c2O)nnc2c1CCN2[C@H]1CN(C)CC[C@H]1F. The number of phenolic OH excluding ortho intramolecular Hbond substituents is 1. The van der Waals surface area contributed by atoms with E-state index in [1.54, 1.807) is 12.3 Å². The second-order valence-corrected chi connectivity index (χ2v) is 7.85. The number of furan rings is 1. The molecule has 4 heterocycles. The van der Waals surface area contributed by atoms with Crippen molar-refractivity contribution in [2.24, 2.45) is 0 Å². The van der Waals surface area contributed by atoms with Crippen molar-refractivity contribution in [3.63, 3.8) is 0 Å². The molecular formula is C21H23FN4O2. The Morgan fingerprint density at radius 1 is 1.21 bits per heavy atom. The summed E-state index contributed by atoms with van der Waals surface area (Å²) >= 11 is 0. The Hall–Kier alpha value is -2.67. The van der Waals surface area contributed by atoms with Crippen LogP contribution in [0.4, 0.5) is 10.2 Å². The highest BCUT2D eigenvalue weighted by atomic mass is 19.1.